The minimum Gasteiger partial charge on any atom is -0.207 e. The van der Waals surface area contributed by atoms with Gasteiger partial charge >= 0.3 is 20.4 Å². The van der Waals surface area contributed by atoms with E-state index in [1.54, 1.807) is 12.1 Å². The highest BCUT2D eigenvalue weighted by Gasteiger charge is 2.15. The molecule has 0 fully saturated rings. The van der Waals surface area contributed by atoms with Gasteiger partial charge in [-0.1, -0.05) is 32.9 Å². The van der Waals surface area contributed by atoms with Crippen molar-refractivity contribution in [1.29, 1.82) is 0 Å². The molecule has 0 N–H and O–H groups in total. The van der Waals surface area contributed by atoms with E-state index < -0.39 is 0 Å². The topological polar surface area (TPSA) is 0 Å². The average Bonchev–Trinajstić information content (AvgIpc) is 1.91. The number of hydrogen-bond donors (Lipinski definition) is 0. The summed E-state index contributed by atoms with van der Waals surface area (Å²) in [4.78, 5) is 0. The van der Waals surface area contributed by atoms with E-state index in [4.69, 9.17) is 0 Å². The van der Waals surface area contributed by atoms with Crippen molar-refractivity contribution in [2.75, 3.05) is 0 Å². The van der Waals surface area contributed by atoms with Crippen LogP contribution in [0.3, 0.4) is 0 Å². The first-order chi connectivity index (χ1) is 5.47. The van der Waals surface area contributed by atoms with Crippen molar-refractivity contribution < 1.29 is 4.39 Å². The Labute approximate surface area is 99.4 Å². The van der Waals surface area contributed by atoms with Crippen LogP contribution in [-0.2, 0) is 0 Å². The van der Waals surface area contributed by atoms with Crippen molar-refractivity contribution in [3.8, 4) is 0 Å². The van der Waals surface area contributed by atoms with Crippen LogP contribution in [0.1, 0.15) is 20.8 Å². The Balaban J connectivity index is 0.00000144. The van der Waals surface area contributed by atoms with E-state index in [1.165, 1.54) is 3.69 Å². The summed E-state index contributed by atoms with van der Waals surface area (Å²) in [6, 6.07) is 6.92. The fraction of sp³-hybridized carbons (Fsp3) is 0.400. The highest BCUT2D eigenvalue weighted by atomic mass is 79.9. The Morgan fingerprint density at radius 3 is 1.92 bits per heavy atom. The largest absolute Gasteiger partial charge is 0.415 e. The molecular formula is C10H14BrFMg. The van der Waals surface area contributed by atoms with Gasteiger partial charge in [0.1, 0.15) is 5.82 Å². The summed E-state index contributed by atoms with van der Waals surface area (Å²) >= 11 is -0.256. The highest BCUT2D eigenvalue weighted by Crippen LogP contribution is 2.19. The van der Waals surface area contributed by atoms with E-state index in [0.29, 0.717) is 3.54 Å². The quantitative estimate of drug-likeness (QED) is 0.679. The second-order valence-electron chi connectivity index (χ2n) is 4.36. The third-order valence-electron chi connectivity index (χ3n) is 1.65. The van der Waals surface area contributed by atoms with Crippen LogP contribution in [0.2, 0.25) is 3.54 Å². The summed E-state index contributed by atoms with van der Waals surface area (Å²) < 4.78 is 14.3. The van der Waals surface area contributed by atoms with Gasteiger partial charge in [0.15, 0.2) is 0 Å². The van der Waals surface area contributed by atoms with Crippen LogP contribution < -0.4 is 3.69 Å². The van der Waals surface area contributed by atoms with Gasteiger partial charge in [-0.2, -0.15) is 3.69 Å². The minimum atomic E-state index is -0.256. The SMILES string of the molecule is Br.C[C](C)(C)[Mg][c]1ccc(F)cc1. The molecule has 13 heavy (non-hydrogen) atoms. The zero-order valence-corrected chi connectivity index (χ0v) is 11.4. The van der Waals surface area contributed by atoms with E-state index in [9.17, 15) is 4.39 Å². The fourth-order valence-corrected chi connectivity index (χ4v) is 2.91. The second-order valence-corrected chi connectivity index (χ2v) is 7.66. The van der Waals surface area contributed by atoms with E-state index in [0.717, 1.165) is 0 Å². The third kappa shape index (κ3) is 5.65. The minimum absolute atomic E-state index is 0. The average molecular weight is 257 g/mol. The Morgan fingerprint density at radius 1 is 1.08 bits per heavy atom. The predicted octanol–water partition coefficient (Wildman–Crippen LogP) is 2.95. The number of hydrogen-bond acceptors (Lipinski definition) is 0. The van der Waals surface area contributed by atoms with Crippen molar-refractivity contribution in [2.45, 2.75) is 24.3 Å². The van der Waals surface area contributed by atoms with Gasteiger partial charge in [0.05, 0.1) is 0 Å². The summed E-state index contributed by atoms with van der Waals surface area (Å²) in [5, 5.41) is 0. The lowest BCUT2D eigenvalue weighted by molar-refractivity contribution is 0.628. The van der Waals surface area contributed by atoms with Crippen molar-refractivity contribution >= 4 is 41.0 Å². The first-order valence-corrected chi connectivity index (χ1v) is 5.63. The van der Waals surface area contributed by atoms with Crippen molar-refractivity contribution in [3.63, 3.8) is 0 Å². The van der Waals surface area contributed by atoms with Crippen LogP contribution >= 0.6 is 17.0 Å². The van der Waals surface area contributed by atoms with Crippen molar-refractivity contribution in [2.24, 2.45) is 0 Å². The zero-order valence-electron chi connectivity index (χ0n) is 8.30. The maximum atomic E-state index is 12.5. The molecule has 0 aliphatic rings. The molecule has 70 valence electrons. The normalized spacial score (nSPS) is 10.2. The Hall–Kier alpha value is 0.396. The summed E-state index contributed by atoms with van der Waals surface area (Å²) in [6.07, 6.45) is 0. The standard InChI is InChI=1S/C6H4F.C4H9.BrH.Mg/c7-6-4-2-1-3-5-6;1-4(2)3;;/h2-5H;1-3H3;1H;. The molecule has 0 radical (unpaired) electrons. The van der Waals surface area contributed by atoms with E-state index in [1.807, 2.05) is 12.1 Å². The molecule has 0 atom stereocenters. The number of rotatable bonds is 1. The van der Waals surface area contributed by atoms with Gasteiger partial charge in [0.2, 0.25) is 0 Å². The van der Waals surface area contributed by atoms with Gasteiger partial charge in [-0.25, -0.2) is 4.39 Å². The maximum Gasteiger partial charge on any atom is 0.415 e. The molecule has 0 nitrogen and oxygen atoms in total. The lowest BCUT2D eigenvalue weighted by atomic mass is 10.2. The van der Waals surface area contributed by atoms with Gasteiger partial charge in [0.25, 0.3) is 0 Å². The van der Waals surface area contributed by atoms with Gasteiger partial charge in [-0.15, -0.1) is 20.5 Å². The summed E-state index contributed by atoms with van der Waals surface area (Å²) in [5.41, 5.74) is 0. The van der Waals surface area contributed by atoms with Crippen LogP contribution in [0, 0.1) is 5.82 Å². The molecular weight excluding hydrogens is 243 g/mol. The van der Waals surface area contributed by atoms with Crippen LogP contribution in [0.15, 0.2) is 24.3 Å². The summed E-state index contributed by atoms with van der Waals surface area (Å²) in [6.45, 7) is 6.72. The lowest BCUT2D eigenvalue weighted by Crippen LogP contribution is -2.22. The smallest absolute Gasteiger partial charge is 0.207 e. The zero-order chi connectivity index (χ0) is 9.19. The molecule has 0 saturated carbocycles. The first kappa shape index (κ1) is 13.4. The molecule has 1 aromatic carbocycles. The summed E-state index contributed by atoms with van der Waals surface area (Å²) in [7, 11) is 0. The summed E-state index contributed by atoms with van der Waals surface area (Å²) in [5.74, 6) is -0.137. The molecule has 0 aliphatic carbocycles. The third-order valence-corrected chi connectivity index (χ3v) is 3.59. The van der Waals surface area contributed by atoms with E-state index in [2.05, 4.69) is 20.8 Å². The fourth-order valence-electron chi connectivity index (χ4n) is 1.21. The van der Waals surface area contributed by atoms with Gasteiger partial charge in [0, 0.05) is 0 Å². The van der Waals surface area contributed by atoms with E-state index >= 15 is 0 Å². The Morgan fingerprint density at radius 2 is 1.54 bits per heavy atom. The van der Waals surface area contributed by atoms with Crippen molar-refractivity contribution in [3.05, 3.63) is 30.1 Å². The molecule has 0 aliphatic heterocycles. The molecule has 0 bridgehead atoms. The lowest BCUT2D eigenvalue weighted by Gasteiger charge is -2.16. The molecule has 1 aromatic rings. The molecule has 0 spiro atoms. The maximum absolute atomic E-state index is 12.5. The van der Waals surface area contributed by atoms with Gasteiger partial charge < -0.3 is 0 Å². The monoisotopic (exact) mass is 256 g/mol. The predicted molar refractivity (Wildman–Crippen MR) is 61.8 cm³/mol. The molecule has 0 unspecified atom stereocenters. The van der Waals surface area contributed by atoms with Gasteiger partial charge in [-0.3, -0.25) is 0 Å². The Bertz CT molecular complexity index is 251. The highest BCUT2D eigenvalue weighted by molar-refractivity contribution is 8.93. The number of halogens is 2. The molecule has 0 aromatic heterocycles. The first-order valence-electron chi connectivity index (χ1n) is 4.22. The molecule has 0 amide bonds. The van der Waals surface area contributed by atoms with Crippen LogP contribution in [0.5, 0.6) is 0 Å². The van der Waals surface area contributed by atoms with Crippen LogP contribution in [-0.4, -0.2) is 20.4 Å². The second kappa shape index (κ2) is 5.32. The Kier molecular flexibility index (Phi) is 5.48. The molecule has 1 rings (SSSR count). The molecule has 0 saturated heterocycles. The number of benzene rings is 1. The van der Waals surface area contributed by atoms with Crippen LogP contribution in [0.25, 0.3) is 0 Å². The van der Waals surface area contributed by atoms with E-state index in [-0.39, 0.29) is 43.2 Å². The molecule has 3 heteroatoms. The molecule has 0 heterocycles. The van der Waals surface area contributed by atoms with Crippen molar-refractivity contribution in [1.82, 2.24) is 0 Å². The van der Waals surface area contributed by atoms with Gasteiger partial charge in [-0.05, 0) is 12.1 Å². The van der Waals surface area contributed by atoms with Crippen LogP contribution in [0.4, 0.5) is 4.39 Å².